The summed E-state index contributed by atoms with van der Waals surface area (Å²) < 4.78 is 6.02. The molecule has 1 saturated heterocycles. The largest absolute Gasteiger partial charge is 0.475 e. The Kier molecular flexibility index (Phi) is 7.34. The second-order valence-corrected chi connectivity index (χ2v) is 6.41. The molecule has 0 aliphatic carbocycles. The van der Waals surface area contributed by atoms with Gasteiger partial charge in [0.25, 0.3) is 0 Å². The highest BCUT2D eigenvalue weighted by atomic mass is 35.5. The van der Waals surface area contributed by atoms with Crippen molar-refractivity contribution in [2.24, 2.45) is 0 Å². The highest BCUT2D eigenvalue weighted by Crippen LogP contribution is 2.20. The highest BCUT2D eigenvalue weighted by molar-refractivity contribution is 6.30. The lowest BCUT2D eigenvalue weighted by Crippen LogP contribution is -2.54. The molecular formula is C18H27ClN2O2. The van der Waals surface area contributed by atoms with E-state index in [0.717, 1.165) is 38.2 Å². The van der Waals surface area contributed by atoms with Crippen molar-refractivity contribution < 1.29 is 9.53 Å². The number of hydrogen-bond donors (Lipinski definition) is 0. The second-order valence-electron chi connectivity index (χ2n) is 5.97. The second kappa shape index (κ2) is 9.26. The molecule has 1 aliphatic rings. The first-order chi connectivity index (χ1) is 11.2. The van der Waals surface area contributed by atoms with E-state index in [1.807, 2.05) is 12.1 Å². The maximum atomic E-state index is 11.0. The number of aldehydes is 1. The number of rotatable bonds is 8. The van der Waals surface area contributed by atoms with E-state index in [4.69, 9.17) is 16.3 Å². The molecule has 128 valence electrons. The van der Waals surface area contributed by atoms with E-state index in [9.17, 15) is 4.79 Å². The minimum absolute atomic E-state index is 0.197. The van der Waals surface area contributed by atoms with Gasteiger partial charge in [0, 0.05) is 37.2 Å². The van der Waals surface area contributed by atoms with Crippen LogP contribution < -0.4 is 4.74 Å². The SMILES string of the molecule is CCC(CC)N1CCN(C(CC=O)Oc2ccc(Cl)cc2)CC1. The normalized spacial score (nSPS) is 18.1. The first-order valence-electron chi connectivity index (χ1n) is 8.51. The van der Waals surface area contributed by atoms with E-state index in [2.05, 4.69) is 23.6 Å². The van der Waals surface area contributed by atoms with Crippen LogP contribution in [0.1, 0.15) is 33.1 Å². The van der Waals surface area contributed by atoms with Crippen LogP contribution in [0.4, 0.5) is 0 Å². The Morgan fingerprint density at radius 3 is 2.17 bits per heavy atom. The fourth-order valence-corrected chi connectivity index (χ4v) is 3.35. The summed E-state index contributed by atoms with van der Waals surface area (Å²) in [4.78, 5) is 15.8. The van der Waals surface area contributed by atoms with Gasteiger partial charge in [0.1, 0.15) is 12.0 Å². The van der Waals surface area contributed by atoms with E-state index < -0.39 is 0 Å². The van der Waals surface area contributed by atoms with Gasteiger partial charge in [-0.05, 0) is 37.1 Å². The molecule has 0 amide bonds. The lowest BCUT2D eigenvalue weighted by molar-refractivity contribution is -0.112. The van der Waals surface area contributed by atoms with Crippen molar-refractivity contribution in [2.75, 3.05) is 26.2 Å². The molecule has 1 heterocycles. The maximum absolute atomic E-state index is 11.0. The summed E-state index contributed by atoms with van der Waals surface area (Å²) in [6.07, 6.45) is 3.50. The van der Waals surface area contributed by atoms with Crippen LogP contribution in [0.15, 0.2) is 24.3 Å². The molecule has 0 aromatic heterocycles. The fraction of sp³-hybridized carbons (Fsp3) is 0.611. The molecule has 1 unspecified atom stereocenters. The minimum Gasteiger partial charge on any atom is -0.475 e. The molecule has 0 N–H and O–H groups in total. The zero-order chi connectivity index (χ0) is 16.7. The van der Waals surface area contributed by atoms with Crippen LogP contribution in [0.5, 0.6) is 5.75 Å². The van der Waals surface area contributed by atoms with Crippen molar-refractivity contribution in [1.29, 1.82) is 0 Å². The number of ether oxygens (including phenoxy) is 1. The molecule has 2 rings (SSSR count). The van der Waals surface area contributed by atoms with Gasteiger partial charge in [0.2, 0.25) is 0 Å². The van der Waals surface area contributed by atoms with E-state index in [1.54, 1.807) is 12.1 Å². The zero-order valence-corrected chi connectivity index (χ0v) is 14.8. The van der Waals surface area contributed by atoms with Gasteiger partial charge in [-0.3, -0.25) is 9.80 Å². The summed E-state index contributed by atoms with van der Waals surface area (Å²) in [5.41, 5.74) is 0. The summed E-state index contributed by atoms with van der Waals surface area (Å²) in [6, 6.07) is 7.97. The molecule has 0 bridgehead atoms. The smallest absolute Gasteiger partial charge is 0.159 e. The van der Waals surface area contributed by atoms with Crippen molar-refractivity contribution in [3.05, 3.63) is 29.3 Å². The first kappa shape index (κ1) is 18.2. The molecule has 5 heteroatoms. The topological polar surface area (TPSA) is 32.8 Å². The average molecular weight is 339 g/mol. The fourth-order valence-electron chi connectivity index (χ4n) is 3.22. The summed E-state index contributed by atoms with van der Waals surface area (Å²) in [7, 11) is 0. The summed E-state index contributed by atoms with van der Waals surface area (Å²) >= 11 is 5.90. The molecule has 1 atom stereocenters. The quantitative estimate of drug-likeness (QED) is 0.680. The van der Waals surface area contributed by atoms with Crippen molar-refractivity contribution >= 4 is 17.9 Å². The van der Waals surface area contributed by atoms with E-state index in [1.165, 1.54) is 12.8 Å². The Morgan fingerprint density at radius 1 is 1.09 bits per heavy atom. The Morgan fingerprint density at radius 2 is 1.65 bits per heavy atom. The van der Waals surface area contributed by atoms with Crippen molar-refractivity contribution in [3.8, 4) is 5.75 Å². The Bertz CT molecular complexity index is 468. The molecule has 1 aromatic rings. The average Bonchev–Trinajstić information content (AvgIpc) is 2.58. The summed E-state index contributed by atoms with van der Waals surface area (Å²) in [6.45, 7) is 8.43. The van der Waals surface area contributed by atoms with Crippen molar-refractivity contribution in [2.45, 2.75) is 45.4 Å². The highest BCUT2D eigenvalue weighted by Gasteiger charge is 2.27. The molecular weight excluding hydrogens is 312 g/mol. The van der Waals surface area contributed by atoms with Gasteiger partial charge >= 0.3 is 0 Å². The van der Waals surface area contributed by atoms with E-state index in [-0.39, 0.29) is 6.23 Å². The molecule has 0 radical (unpaired) electrons. The first-order valence-corrected chi connectivity index (χ1v) is 8.89. The third-order valence-corrected chi connectivity index (χ3v) is 4.85. The molecule has 23 heavy (non-hydrogen) atoms. The molecule has 1 aromatic carbocycles. The Balaban J connectivity index is 1.94. The molecule has 1 fully saturated rings. The predicted octanol–water partition coefficient (Wildman–Crippen LogP) is 3.44. The van der Waals surface area contributed by atoms with Gasteiger partial charge < -0.3 is 9.53 Å². The number of benzene rings is 1. The number of hydrogen-bond acceptors (Lipinski definition) is 4. The van der Waals surface area contributed by atoms with Crippen LogP contribution in [0, 0.1) is 0 Å². The molecule has 1 aliphatic heterocycles. The number of nitrogens with zero attached hydrogens (tertiary/aromatic N) is 2. The summed E-state index contributed by atoms with van der Waals surface area (Å²) in [5, 5.41) is 0.683. The van der Waals surface area contributed by atoms with Crippen LogP contribution in [-0.2, 0) is 4.79 Å². The molecule has 4 nitrogen and oxygen atoms in total. The number of carbonyl (C=O) groups is 1. The monoisotopic (exact) mass is 338 g/mol. The minimum atomic E-state index is -0.197. The lowest BCUT2D eigenvalue weighted by atomic mass is 10.1. The van der Waals surface area contributed by atoms with Gasteiger partial charge in [-0.15, -0.1) is 0 Å². The maximum Gasteiger partial charge on any atom is 0.159 e. The standard InChI is InChI=1S/C18H27ClN2O2/c1-3-16(4-2)20-10-12-21(13-11-20)18(9-14-22)23-17-7-5-15(19)6-8-17/h5-8,14,16,18H,3-4,9-13H2,1-2H3. The van der Waals surface area contributed by atoms with Gasteiger partial charge in [0.15, 0.2) is 6.23 Å². The lowest BCUT2D eigenvalue weighted by Gasteiger charge is -2.41. The van der Waals surface area contributed by atoms with E-state index in [0.29, 0.717) is 17.5 Å². The van der Waals surface area contributed by atoms with Crippen LogP contribution in [0.3, 0.4) is 0 Å². The van der Waals surface area contributed by atoms with E-state index >= 15 is 0 Å². The van der Waals surface area contributed by atoms with Gasteiger partial charge in [-0.1, -0.05) is 25.4 Å². The number of carbonyl (C=O) groups excluding carboxylic acids is 1. The predicted molar refractivity (Wildman–Crippen MR) is 94.1 cm³/mol. The third-order valence-electron chi connectivity index (χ3n) is 4.60. The third kappa shape index (κ3) is 5.20. The van der Waals surface area contributed by atoms with Gasteiger partial charge in [-0.2, -0.15) is 0 Å². The molecule has 0 saturated carbocycles. The summed E-state index contributed by atoms with van der Waals surface area (Å²) in [5.74, 6) is 0.753. The van der Waals surface area contributed by atoms with Crippen LogP contribution in [-0.4, -0.2) is 54.5 Å². The van der Waals surface area contributed by atoms with Crippen molar-refractivity contribution in [1.82, 2.24) is 9.80 Å². The molecule has 0 spiro atoms. The van der Waals surface area contributed by atoms with Crippen LogP contribution >= 0.6 is 11.6 Å². The van der Waals surface area contributed by atoms with Crippen molar-refractivity contribution in [3.63, 3.8) is 0 Å². The number of piperazine rings is 1. The Hall–Kier alpha value is -1.10. The van der Waals surface area contributed by atoms with Crippen LogP contribution in [0.2, 0.25) is 5.02 Å². The number of halogens is 1. The van der Waals surface area contributed by atoms with Gasteiger partial charge in [0.05, 0.1) is 6.42 Å². The Labute approximate surface area is 144 Å². The zero-order valence-electron chi connectivity index (χ0n) is 14.1. The van der Waals surface area contributed by atoms with Gasteiger partial charge in [-0.25, -0.2) is 0 Å². The van der Waals surface area contributed by atoms with Crippen LogP contribution in [0.25, 0.3) is 0 Å².